The van der Waals surface area contributed by atoms with E-state index in [-0.39, 0.29) is 5.82 Å². The molecule has 4 heteroatoms. The van der Waals surface area contributed by atoms with E-state index in [9.17, 15) is 4.39 Å². The predicted molar refractivity (Wildman–Crippen MR) is 47.4 cm³/mol. The van der Waals surface area contributed by atoms with Gasteiger partial charge in [-0.3, -0.25) is 0 Å². The maximum Gasteiger partial charge on any atom is 0.124 e. The van der Waals surface area contributed by atoms with Gasteiger partial charge in [0.25, 0.3) is 0 Å². The molecule has 0 spiro atoms. The second-order valence-electron chi connectivity index (χ2n) is 2.55. The highest BCUT2D eigenvalue weighted by atomic mass is 79.9. The molecule has 1 aromatic rings. The van der Waals surface area contributed by atoms with Crippen LogP contribution >= 0.6 is 15.9 Å². The Labute approximate surface area is 78.7 Å². The number of hydrogen-bond acceptors (Lipinski definition) is 2. The molecule has 66 valence electrons. The molecule has 0 amide bonds. The molecular weight excluding hydrogens is 225 g/mol. The molecule has 0 bridgehead atoms. The van der Waals surface area contributed by atoms with Crippen molar-refractivity contribution in [3.05, 3.63) is 34.1 Å². The molecule has 1 rings (SSSR count). The van der Waals surface area contributed by atoms with Crippen LogP contribution in [0.3, 0.4) is 0 Å². The molecule has 1 N–H and O–H groups in total. The standard InChI is InChI=1S/C8H9BrFNO/c1-11(12)5-6-2-3-7(10)4-8(6)9/h2-4,12H,5H2,1H3. The number of hydroxylamine groups is 2. The van der Waals surface area contributed by atoms with Crippen molar-refractivity contribution in [1.29, 1.82) is 0 Å². The number of benzene rings is 1. The third-order valence-corrected chi connectivity index (χ3v) is 2.15. The average Bonchev–Trinajstić information content (AvgIpc) is 1.94. The molecule has 0 aromatic heterocycles. The molecule has 0 unspecified atom stereocenters. The van der Waals surface area contributed by atoms with Gasteiger partial charge in [0.2, 0.25) is 0 Å². The Morgan fingerprint density at radius 1 is 1.58 bits per heavy atom. The molecular formula is C8H9BrFNO. The van der Waals surface area contributed by atoms with Gasteiger partial charge in [0.1, 0.15) is 5.82 Å². The van der Waals surface area contributed by atoms with Crippen molar-refractivity contribution in [2.75, 3.05) is 7.05 Å². The van der Waals surface area contributed by atoms with E-state index in [1.165, 1.54) is 19.2 Å². The van der Waals surface area contributed by atoms with Gasteiger partial charge in [-0.05, 0) is 17.7 Å². The molecule has 0 saturated carbocycles. The van der Waals surface area contributed by atoms with Crippen LogP contribution in [0.5, 0.6) is 0 Å². The zero-order valence-corrected chi connectivity index (χ0v) is 8.18. The first-order valence-electron chi connectivity index (χ1n) is 3.43. The lowest BCUT2D eigenvalue weighted by Crippen LogP contribution is -2.11. The highest BCUT2D eigenvalue weighted by molar-refractivity contribution is 9.10. The Bertz CT molecular complexity index is 278. The fraction of sp³-hybridized carbons (Fsp3) is 0.250. The summed E-state index contributed by atoms with van der Waals surface area (Å²) in [6, 6.07) is 4.37. The topological polar surface area (TPSA) is 23.5 Å². The van der Waals surface area contributed by atoms with Crippen molar-refractivity contribution >= 4 is 15.9 Å². The van der Waals surface area contributed by atoms with Crippen molar-refractivity contribution in [2.45, 2.75) is 6.54 Å². The van der Waals surface area contributed by atoms with Crippen LogP contribution in [-0.2, 0) is 6.54 Å². The minimum Gasteiger partial charge on any atom is -0.314 e. The van der Waals surface area contributed by atoms with Crippen molar-refractivity contribution in [3.63, 3.8) is 0 Å². The minimum atomic E-state index is -0.286. The Balaban J connectivity index is 2.86. The van der Waals surface area contributed by atoms with Crippen molar-refractivity contribution in [3.8, 4) is 0 Å². The Morgan fingerprint density at radius 3 is 2.75 bits per heavy atom. The van der Waals surface area contributed by atoms with Crippen molar-refractivity contribution in [2.24, 2.45) is 0 Å². The predicted octanol–water partition coefficient (Wildman–Crippen LogP) is 2.41. The van der Waals surface area contributed by atoms with E-state index >= 15 is 0 Å². The molecule has 0 radical (unpaired) electrons. The summed E-state index contributed by atoms with van der Waals surface area (Å²) in [6.07, 6.45) is 0. The first-order valence-corrected chi connectivity index (χ1v) is 4.23. The van der Waals surface area contributed by atoms with E-state index in [1.807, 2.05) is 0 Å². The van der Waals surface area contributed by atoms with Crippen LogP contribution in [0.15, 0.2) is 22.7 Å². The van der Waals surface area contributed by atoms with Crippen LogP contribution in [0.1, 0.15) is 5.56 Å². The zero-order valence-electron chi connectivity index (χ0n) is 6.59. The second kappa shape index (κ2) is 3.98. The molecule has 0 fully saturated rings. The molecule has 0 aliphatic rings. The van der Waals surface area contributed by atoms with Gasteiger partial charge in [0.15, 0.2) is 0 Å². The summed E-state index contributed by atoms with van der Waals surface area (Å²) in [4.78, 5) is 0. The summed E-state index contributed by atoms with van der Waals surface area (Å²) >= 11 is 3.20. The van der Waals surface area contributed by atoms with E-state index in [4.69, 9.17) is 5.21 Å². The van der Waals surface area contributed by atoms with Crippen LogP contribution < -0.4 is 0 Å². The van der Waals surface area contributed by atoms with Crippen LogP contribution in [0, 0.1) is 5.82 Å². The van der Waals surface area contributed by atoms with Gasteiger partial charge in [0.05, 0.1) is 0 Å². The maximum atomic E-state index is 12.6. The van der Waals surface area contributed by atoms with Crippen molar-refractivity contribution in [1.82, 2.24) is 5.06 Å². The van der Waals surface area contributed by atoms with E-state index in [2.05, 4.69) is 15.9 Å². The maximum absolute atomic E-state index is 12.6. The fourth-order valence-electron chi connectivity index (χ4n) is 0.896. The summed E-state index contributed by atoms with van der Waals surface area (Å²) in [5, 5.41) is 9.96. The smallest absolute Gasteiger partial charge is 0.124 e. The Kier molecular flexibility index (Phi) is 3.20. The second-order valence-corrected chi connectivity index (χ2v) is 3.41. The number of nitrogens with zero attached hydrogens (tertiary/aromatic N) is 1. The lowest BCUT2D eigenvalue weighted by molar-refractivity contribution is -0.0733. The van der Waals surface area contributed by atoms with Gasteiger partial charge < -0.3 is 5.21 Å². The third kappa shape index (κ3) is 2.55. The van der Waals surface area contributed by atoms with E-state index in [1.54, 1.807) is 6.07 Å². The fourth-order valence-corrected chi connectivity index (χ4v) is 1.37. The van der Waals surface area contributed by atoms with E-state index < -0.39 is 0 Å². The SMILES string of the molecule is CN(O)Cc1ccc(F)cc1Br. The van der Waals surface area contributed by atoms with E-state index in [0.717, 1.165) is 10.6 Å². The van der Waals surface area contributed by atoms with Crippen LogP contribution in [0.2, 0.25) is 0 Å². The molecule has 0 aliphatic heterocycles. The van der Waals surface area contributed by atoms with Gasteiger partial charge >= 0.3 is 0 Å². The minimum absolute atomic E-state index is 0.286. The molecule has 2 nitrogen and oxygen atoms in total. The number of rotatable bonds is 2. The summed E-state index contributed by atoms with van der Waals surface area (Å²) in [6.45, 7) is 0.376. The van der Waals surface area contributed by atoms with Gasteiger partial charge in [-0.15, -0.1) is 0 Å². The lowest BCUT2D eigenvalue weighted by atomic mass is 10.2. The highest BCUT2D eigenvalue weighted by Crippen LogP contribution is 2.18. The van der Waals surface area contributed by atoms with Gasteiger partial charge in [-0.25, -0.2) is 4.39 Å². The molecule has 0 aliphatic carbocycles. The third-order valence-electron chi connectivity index (χ3n) is 1.41. The molecule has 0 saturated heterocycles. The van der Waals surface area contributed by atoms with Crippen LogP contribution in [0.4, 0.5) is 4.39 Å². The normalized spacial score (nSPS) is 10.8. The molecule has 0 atom stereocenters. The van der Waals surface area contributed by atoms with Crippen LogP contribution in [0.25, 0.3) is 0 Å². The average molecular weight is 234 g/mol. The monoisotopic (exact) mass is 233 g/mol. The largest absolute Gasteiger partial charge is 0.314 e. The quantitative estimate of drug-likeness (QED) is 0.794. The van der Waals surface area contributed by atoms with Crippen LogP contribution in [-0.4, -0.2) is 17.3 Å². The summed E-state index contributed by atoms with van der Waals surface area (Å²) < 4.78 is 13.2. The Morgan fingerprint density at radius 2 is 2.25 bits per heavy atom. The van der Waals surface area contributed by atoms with Gasteiger partial charge in [-0.2, -0.15) is 5.06 Å². The van der Waals surface area contributed by atoms with E-state index in [0.29, 0.717) is 11.0 Å². The Hall–Kier alpha value is -0.450. The molecule has 12 heavy (non-hydrogen) atoms. The summed E-state index contributed by atoms with van der Waals surface area (Å²) in [5.74, 6) is -0.286. The number of hydrogen-bond donors (Lipinski definition) is 1. The zero-order chi connectivity index (χ0) is 9.14. The first-order chi connectivity index (χ1) is 5.59. The van der Waals surface area contributed by atoms with Gasteiger partial charge in [0, 0.05) is 18.1 Å². The molecule has 0 heterocycles. The summed E-state index contributed by atoms with van der Waals surface area (Å²) in [5.41, 5.74) is 0.849. The van der Waals surface area contributed by atoms with Gasteiger partial charge in [-0.1, -0.05) is 22.0 Å². The molecule has 1 aromatic carbocycles. The lowest BCUT2D eigenvalue weighted by Gasteiger charge is -2.09. The summed E-state index contributed by atoms with van der Waals surface area (Å²) in [7, 11) is 1.54. The first kappa shape index (κ1) is 9.64. The highest BCUT2D eigenvalue weighted by Gasteiger charge is 2.02. The van der Waals surface area contributed by atoms with Crippen molar-refractivity contribution < 1.29 is 9.60 Å². The number of halogens is 2.